The van der Waals surface area contributed by atoms with E-state index >= 15 is 0 Å². The van der Waals surface area contributed by atoms with Crippen LogP contribution in [0.5, 0.6) is 5.75 Å². The molecule has 136 valence electrons. The molecule has 6 heteroatoms. The number of carbonyl (C=O) groups is 1. The Morgan fingerprint density at radius 2 is 1.93 bits per heavy atom. The normalized spacial score (nSPS) is 15.6. The van der Waals surface area contributed by atoms with E-state index in [0.717, 1.165) is 22.7 Å². The molecule has 1 amide bonds. The van der Waals surface area contributed by atoms with Gasteiger partial charge in [-0.15, -0.1) is 0 Å². The topological polar surface area (TPSA) is 54.5 Å². The van der Waals surface area contributed by atoms with E-state index in [-0.39, 0.29) is 5.91 Å². The van der Waals surface area contributed by atoms with Crippen LogP contribution in [0.3, 0.4) is 0 Å². The van der Waals surface area contributed by atoms with Crippen molar-refractivity contribution in [1.82, 2.24) is 4.98 Å². The van der Waals surface area contributed by atoms with Crippen LogP contribution in [0.1, 0.15) is 27.8 Å². The average Bonchev–Trinajstić information content (AvgIpc) is 2.97. The number of nitrogens with one attached hydrogen (secondary N) is 1. The Kier molecular flexibility index (Phi) is 4.46. The number of aromatic nitrogens is 1. The van der Waals surface area contributed by atoms with E-state index in [1.165, 1.54) is 0 Å². The Bertz CT molecular complexity index is 1000. The number of hydrogen-bond acceptors (Lipinski definition) is 4. The summed E-state index contributed by atoms with van der Waals surface area (Å²) in [5.74, 6) is 0.636. The molecule has 1 N–H and O–H groups in total. The van der Waals surface area contributed by atoms with E-state index in [1.807, 2.05) is 49.4 Å². The van der Waals surface area contributed by atoms with Crippen molar-refractivity contribution in [2.75, 3.05) is 17.3 Å². The fourth-order valence-corrected chi connectivity index (χ4v) is 3.40. The van der Waals surface area contributed by atoms with Crippen molar-refractivity contribution in [3.63, 3.8) is 0 Å². The van der Waals surface area contributed by atoms with Gasteiger partial charge in [-0.25, -0.2) is 0 Å². The second kappa shape index (κ2) is 6.93. The molecule has 0 bridgehead atoms. The number of methoxy groups -OCH3 is 1. The third kappa shape index (κ3) is 3.11. The van der Waals surface area contributed by atoms with E-state index in [0.29, 0.717) is 16.3 Å². The van der Waals surface area contributed by atoms with Crippen molar-refractivity contribution in [2.24, 2.45) is 0 Å². The number of aryl methyl sites for hydroxylation is 1. The molecule has 1 aromatic heterocycles. The molecule has 0 spiro atoms. The lowest BCUT2D eigenvalue weighted by Gasteiger charge is -2.27. The number of fused-ring (bicyclic) bond motifs is 1. The van der Waals surface area contributed by atoms with Gasteiger partial charge in [0.2, 0.25) is 0 Å². The predicted octanol–water partition coefficient (Wildman–Crippen LogP) is 4.82. The third-order valence-electron chi connectivity index (χ3n) is 4.65. The Hall–Kier alpha value is -3.05. The highest BCUT2D eigenvalue weighted by molar-refractivity contribution is 6.30. The molecule has 1 atom stereocenters. The molecule has 3 aromatic rings. The van der Waals surface area contributed by atoms with Crippen LogP contribution in [-0.4, -0.2) is 18.0 Å². The van der Waals surface area contributed by atoms with Gasteiger partial charge in [0.15, 0.2) is 6.17 Å². The molecule has 1 aliphatic rings. The molecule has 2 heterocycles. The molecule has 0 aliphatic carbocycles. The maximum Gasteiger partial charge on any atom is 0.262 e. The summed E-state index contributed by atoms with van der Waals surface area (Å²) in [5.41, 5.74) is 3.93. The first-order chi connectivity index (χ1) is 13.1. The first-order valence-electron chi connectivity index (χ1n) is 8.53. The minimum Gasteiger partial charge on any atom is -0.497 e. The van der Waals surface area contributed by atoms with Gasteiger partial charge in [0, 0.05) is 22.6 Å². The Morgan fingerprint density at radius 3 is 2.67 bits per heavy atom. The van der Waals surface area contributed by atoms with Crippen LogP contribution in [-0.2, 0) is 0 Å². The number of amides is 1. The molecule has 2 aromatic carbocycles. The monoisotopic (exact) mass is 379 g/mol. The highest BCUT2D eigenvalue weighted by atomic mass is 35.5. The zero-order valence-corrected chi connectivity index (χ0v) is 15.7. The summed E-state index contributed by atoms with van der Waals surface area (Å²) in [4.78, 5) is 19.3. The molecule has 0 saturated heterocycles. The largest absolute Gasteiger partial charge is 0.497 e. The van der Waals surface area contributed by atoms with Gasteiger partial charge in [0.1, 0.15) is 5.75 Å². The van der Waals surface area contributed by atoms with Crippen molar-refractivity contribution in [3.05, 3.63) is 82.6 Å². The van der Waals surface area contributed by atoms with Gasteiger partial charge in [-0.3, -0.25) is 14.7 Å². The third-order valence-corrected chi connectivity index (χ3v) is 4.88. The number of pyridine rings is 1. The summed E-state index contributed by atoms with van der Waals surface area (Å²) in [6, 6.07) is 16.6. The molecule has 0 radical (unpaired) electrons. The Balaban J connectivity index is 1.78. The lowest BCUT2D eigenvalue weighted by Crippen LogP contribution is -2.32. The number of anilines is 2. The highest BCUT2D eigenvalue weighted by Gasteiger charge is 2.39. The summed E-state index contributed by atoms with van der Waals surface area (Å²) < 4.78 is 5.23. The molecule has 4 rings (SSSR count). The van der Waals surface area contributed by atoms with E-state index in [4.69, 9.17) is 16.3 Å². The quantitative estimate of drug-likeness (QED) is 0.705. The van der Waals surface area contributed by atoms with Crippen molar-refractivity contribution >= 4 is 28.9 Å². The number of halogens is 1. The SMILES string of the molecule is COc1ccc(N2C(=O)c3cccnc3[C@@H]2Nc2cc(Cl)ccc2C)cc1. The van der Waals surface area contributed by atoms with E-state index in [1.54, 1.807) is 30.3 Å². The van der Waals surface area contributed by atoms with Crippen LogP contribution >= 0.6 is 11.6 Å². The van der Waals surface area contributed by atoms with Gasteiger partial charge >= 0.3 is 0 Å². The van der Waals surface area contributed by atoms with Crippen molar-refractivity contribution < 1.29 is 9.53 Å². The maximum absolute atomic E-state index is 13.1. The lowest BCUT2D eigenvalue weighted by molar-refractivity contribution is 0.0993. The van der Waals surface area contributed by atoms with Gasteiger partial charge in [-0.2, -0.15) is 0 Å². The number of carbonyl (C=O) groups excluding carboxylic acids is 1. The standard InChI is InChI=1S/C21H18ClN3O2/c1-13-5-6-14(22)12-18(13)24-20-19-17(4-3-11-23-19)21(26)25(20)15-7-9-16(27-2)10-8-15/h3-12,20,24H,1-2H3/t20-/m1/s1. The molecular formula is C21H18ClN3O2. The van der Waals surface area contributed by atoms with Crippen LogP contribution in [0.2, 0.25) is 5.02 Å². The Morgan fingerprint density at radius 1 is 1.15 bits per heavy atom. The summed E-state index contributed by atoms with van der Waals surface area (Å²) in [5, 5.41) is 4.07. The van der Waals surface area contributed by atoms with Crippen molar-refractivity contribution in [3.8, 4) is 5.75 Å². The van der Waals surface area contributed by atoms with Gasteiger partial charge in [-0.1, -0.05) is 17.7 Å². The number of ether oxygens (including phenoxy) is 1. The summed E-state index contributed by atoms with van der Waals surface area (Å²) >= 11 is 6.17. The highest BCUT2D eigenvalue weighted by Crippen LogP contribution is 2.38. The van der Waals surface area contributed by atoms with Crippen molar-refractivity contribution in [1.29, 1.82) is 0 Å². The minimum atomic E-state index is -0.431. The molecular weight excluding hydrogens is 362 g/mol. The Labute approximate surface area is 162 Å². The predicted molar refractivity (Wildman–Crippen MR) is 107 cm³/mol. The van der Waals surface area contributed by atoms with Crippen LogP contribution in [0.4, 0.5) is 11.4 Å². The molecule has 0 fully saturated rings. The summed E-state index contributed by atoms with van der Waals surface area (Å²) in [6.45, 7) is 1.99. The second-order valence-electron chi connectivity index (χ2n) is 6.32. The van der Waals surface area contributed by atoms with Crippen LogP contribution in [0, 0.1) is 6.92 Å². The van der Waals surface area contributed by atoms with Gasteiger partial charge in [-0.05, 0) is 61.0 Å². The van der Waals surface area contributed by atoms with E-state index < -0.39 is 6.17 Å². The molecule has 1 aliphatic heterocycles. The fraction of sp³-hybridized carbons (Fsp3) is 0.143. The molecule has 27 heavy (non-hydrogen) atoms. The number of benzene rings is 2. The van der Waals surface area contributed by atoms with Gasteiger partial charge < -0.3 is 10.1 Å². The zero-order chi connectivity index (χ0) is 19.0. The number of rotatable bonds is 4. The fourth-order valence-electron chi connectivity index (χ4n) is 3.22. The average molecular weight is 380 g/mol. The van der Waals surface area contributed by atoms with Crippen LogP contribution in [0.25, 0.3) is 0 Å². The van der Waals surface area contributed by atoms with E-state index in [2.05, 4.69) is 10.3 Å². The van der Waals surface area contributed by atoms with Crippen molar-refractivity contribution in [2.45, 2.75) is 13.1 Å². The number of hydrogen-bond donors (Lipinski definition) is 1. The lowest BCUT2D eigenvalue weighted by atomic mass is 10.1. The summed E-state index contributed by atoms with van der Waals surface area (Å²) in [6.07, 6.45) is 1.27. The first kappa shape index (κ1) is 17.4. The van der Waals surface area contributed by atoms with Gasteiger partial charge in [0.25, 0.3) is 5.91 Å². The smallest absolute Gasteiger partial charge is 0.262 e. The van der Waals surface area contributed by atoms with Crippen LogP contribution < -0.4 is 15.0 Å². The maximum atomic E-state index is 13.1. The van der Waals surface area contributed by atoms with Gasteiger partial charge in [0.05, 0.1) is 18.4 Å². The molecule has 0 saturated carbocycles. The summed E-state index contributed by atoms with van der Waals surface area (Å²) in [7, 11) is 1.61. The molecule has 0 unspecified atom stereocenters. The first-order valence-corrected chi connectivity index (χ1v) is 8.91. The number of nitrogens with zero attached hydrogens (tertiary/aromatic N) is 2. The zero-order valence-electron chi connectivity index (χ0n) is 14.9. The second-order valence-corrected chi connectivity index (χ2v) is 6.75. The molecule has 5 nitrogen and oxygen atoms in total. The van der Waals surface area contributed by atoms with Crippen LogP contribution in [0.15, 0.2) is 60.8 Å². The van der Waals surface area contributed by atoms with E-state index in [9.17, 15) is 4.79 Å². The minimum absolute atomic E-state index is 0.0968.